The number of rotatable bonds is 16. The Morgan fingerprint density at radius 1 is 0.964 bits per heavy atom. The summed E-state index contributed by atoms with van der Waals surface area (Å²) in [5.41, 5.74) is 0.729. The molecule has 0 radical (unpaired) electrons. The summed E-state index contributed by atoms with van der Waals surface area (Å²) >= 11 is 0. The van der Waals surface area contributed by atoms with Crippen molar-refractivity contribution in [2.75, 3.05) is 26.4 Å². The van der Waals surface area contributed by atoms with Crippen LogP contribution >= 0.6 is 0 Å². The van der Waals surface area contributed by atoms with Crippen molar-refractivity contribution in [3.05, 3.63) is 39.9 Å². The molecular weight excluding hydrogens is 378 g/mol. The highest BCUT2D eigenvalue weighted by molar-refractivity contribution is 6.60. The molecule has 1 aromatic rings. The van der Waals surface area contributed by atoms with Crippen LogP contribution in [-0.2, 0) is 18.0 Å². The van der Waals surface area contributed by atoms with Gasteiger partial charge in [-0.25, -0.2) is 0 Å². The number of benzene rings is 1. The minimum absolute atomic E-state index is 0.110. The molecule has 0 aliphatic carbocycles. The number of ether oxygens (including phenoxy) is 1. The fourth-order valence-corrected chi connectivity index (χ4v) is 5.83. The lowest BCUT2D eigenvalue weighted by atomic mass is 10.1. The Hall–Kier alpha value is -1.32. The van der Waals surface area contributed by atoms with Crippen molar-refractivity contribution in [2.24, 2.45) is 0 Å². The first-order chi connectivity index (χ1) is 13.5. The topological polar surface area (TPSA) is 80.1 Å². The van der Waals surface area contributed by atoms with Crippen molar-refractivity contribution in [1.82, 2.24) is 0 Å². The van der Waals surface area contributed by atoms with Gasteiger partial charge >= 0.3 is 8.80 Å². The lowest BCUT2D eigenvalue weighted by Crippen LogP contribution is -2.45. The Balaban J connectivity index is 2.33. The SMILES string of the molecule is CCO[Si](CCCCCCOC(C)c1ccccc1[N+](=O)[O-])(OCC)OCC. The summed E-state index contributed by atoms with van der Waals surface area (Å²) in [5, 5.41) is 11.1. The van der Waals surface area contributed by atoms with E-state index < -0.39 is 8.80 Å². The van der Waals surface area contributed by atoms with Crippen molar-refractivity contribution < 1.29 is 22.9 Å². The maximum absolute atomic E-state index is 11.1. The quantitative estimate of drug-likeness (QED) is 0.159. The van der Waals surface area contributed by atoms with Crippen molar-refractivity contribution in [2.45, 2.75) is 65.5 Å². The van der Waals surface area contributed by atoms with Gasteiger partial charge in [0.15, 0.2) is 0 Å². The van der Waals surface area contributed by atoms with Crippen LogP contribution in [0.25, 0.3) is 0 Å². The molecule has 0 heterocycles. The number of nitro benzene ring substituents is 1. The Kier molecular flexibility index (Phi) is 12.2. The number of nitro groups is 1. The van der Waals surface area contributed by atoms with Gasteiger partial charge in [0.2, 0.25) is 0 Å². The first-order valence-electron chi connectivity index (χ1n) is 10.3. The van der Waals surface area contributed by atoms with Gasteiger partial charge in [-0.3, -0.25) is 10.1 Å². The van der Waals surface area contributed by atoms with Gasteiger partial charge in [-0.1, -0.05) is 25.0 Å². The summed E-state index contributed by atoms with van der Waals surface area (Å²) < 4.78 is 23.4. The standard InChI is InChI=1S/C20H35NO6Si/c1-5-25-28(26-6-2,27-7-3)17-13-9-8-12-16-24-18(4)19-14-10-11-15-20(19)21(22)23/h10-11,14-15,18H,5-9,12-13,16-17H2,1-4H3. The van der Waals surface area contributed by atoms with E-state index in [9.17, 15) is 10.1 Å². The monoisotopic (exact) mass is 413 g/mol. The molecule has 0 fully saturated rings. The van der Waals surface area contributed by atoms with Gasteiger partial charge in [0.1, 0.15) is 0 Å². The van der Waals surface area contributed by atoms with Gasteiger partial charge < -0.3 is 18.0 Å². The van der Waals surface area contributed by atoms with Crippen LogP contribution < -0.4 is 0 Å². The zero-order valence-electron chi connectivity index (χ0n) is 17.6. The molecule has 0 saturated heterocycles. The van der Waals surface area contributed by atoms with E-state index in [2.05, 4.69) is 0 Å². The summed E-state index contributed by atoms with van der Waals surface area (Å²) in [4.78, 5) is 10.8. The normalized spacial score (nSPS) is 12.9. The molecule has 8 heteroatoms. The van der Waals surface area contributed by atoms with Gasteiger partial charge in [0.25, 0.3) is 5.69 Å². The molecule has 0 amide bonds. The molecule has 28 heavy (non-hydrogen) atoms. The van der Waals surface area contributed by atoms with Crippen molar-refractivity contribution in [1.29, 1.82) is 0 Å². The highest BCUT2D eigenvalue weighted by Crippen LogP contribution is 2.27. The molecule has 0 saturated carbocycles. The van der Waals surface area contributed by atoms with E-state index in [-0.39, 0.29) is 16.7 Å². The van der Waals surface area contributed by atoms with Crippen LogP contribution in [0.1, 0.15) is 65.0 Å². The fraction of sp³-hybridized carbons (Fsp3) is 0.700. The Morgan fingerprint density at radius 2 is 1.54 bits per heavy atom. The zero-order valence-corrected chi connectivity index (χ0v) is 18.6. The highest BCUT2D eigenvalue weighted by Gasteiger charge is 2.39. The third kappa shape index (κ3) is 8.36. The average molecular weight is 414 g/mol. The van der Waals surface area contributed by atoms with Crippen LogP contribution in [0.3, 0.4) is 0 Å². The first kappa shape index (κ1) is 24.7. The van der Waals surface area contributed by atoms with Crippen LogP contribution in [0, 0.1) is 10.1 Å². The molecule has 1 rings (SSSR count). The minimum Gasteiger partial charge on any atom is -0.374 e. The van der Waals surface area contributed by atoms with Crippen LogP contribution in [0.15, 0.2) is 24.3 Å². The summed E-state index contributed by atoms with van der Waals surface area (Å²) in [6.45, 7) is 10.1. The van der Waals surface area contributed by atoms with Gasteiger partial charge in [-0.2, -0.15) is 0 Å². The van der Waals surface area contributed by atoms with Crippen LogP contribution in [0.4, 0.5) is 5.69 Å². The van der Waals surface area contributed by atoms with E-state index in [1.807, 2.05) is 27.7 Å². The maximum Gasteiger partial charge on any atom is 0.500 e. The minimum atomic E-state index is -2.54. The fourth-order valence-electron chi connectivity index (χ4n) is 3.15. The largest absolute Gasteiger partial charge is 0.500 e. The van der Waals surface area contributed by atoms with E-state index in [0.29, 0.717) is 32.0 Å². The molecular formula is C20H35NO6Si. The molecule has 7 nitrogen and oxygen atoms in total. The molecule has 0 aromatic heterocycles. The summed E-state index contributed by atoms with van der Waals surface area (Å²) in [6, 6.07) is 7.57. The molecule has 1 aromatic carbocycles. The van der Waals surface area contributed by atoms with Crippen molar-refractivity contribution in [3.63, 3.8) is 0 Å². The highest BCUT2D eigenvalue weighted by atomic mass is 28.4. The van der Waals surface area contributed by atoms with Crippen LogP contribution in [0.5, 0.6) is 0 Å². The predicted molar refractivity (Wildman–Crippen MR) is 111 cm³/mol. The molecule has 0 spiro atoms. The second-order valence-electron chi connectivity index (χ2n) is 6.48. The zero-order chi connectivity index (χ0) is 20.8. The predicted octanol–water partition coefficient (Wildman–Crippen LogP) is 5.28. The number of unbranched alkanes of at least 4 members (excludes halogenated alkanes) is 3. The number of para-hydroxylation sites is 1. The van der Waals surface area contributed by atoms with Gasteiger partial charge in [-0.15, -0.1) is 0 Å². The molecule has 0 aliphatic heterocycles. The molecule has 160 valence electrons. The molecule has 0 bridgehead atoms. The van der Waals surface area contributed by atoms with E-state index >= 15 is 0 Å². The summed E-state index contributed by atoms with van der Waals surface area (Å²) in [5.74, 6) is 0. The van der Waals surface area contributed by atoms with E-state index in [4.69, 9.17) is 18.0 Å². The van der Waals surface area contributed by atoms with E-state index in [1.165, 1.54) is 6.07 Å². The van der Waals surface area contributed by atoms with E-state index in [1.54, 1.807) is 18.2 Å². The van der Waals surface area contributed by atoms with Gasteiger partial charge in [0, 0.05) is 38.5 Å². The summed E-state index contributed by atoms with van der Waals surface area (Å²) in [6.07, 6.45) is 3.68. The van der Waals surface area contributed by atoms with Crippen LogP contribution in [0.2, 0.25) is 6.04 Å². The molecule has 1 unspecified atom stereocenters. The van der Waals surface area contributed by atoms with Gasteiger partial charge in [-0.05, 0) is 46.6 Å². The number of nitrogens with zero attached hydrogens (tertiary/aromatic N) is 1. The number of hydrogen-bond donors (Lipinski definition) is 0. The second-order valence-corrected chi connectivity index (χ2v) is 9.21. The van der Waals surface area contributed by atoms with Crippen molar-refractivity contribution >= 4 is 14.5 Å². The Labute approximate surface area is 169 Å². The summed E-state index contributed by atoms with van der Waals surface area (Å²) in [7, 11) is -2.54. The van der Waals surface area contributed by atoms with Crippen molar-refractivity contribution in [3.8, 4) is 0 Å². The smallest absolute Gasteiger partial charge is 0.374 e. The third-order valence-electron chi connectivity index (χ3n) is 4.41. The van der Waals surface area contributed by atoms with Crippen LogP contribution in [-0.4, -0.2) is 40.2 Å². The number of hydrogen-bond acceptors (Lipinski definition) is 6. The van der Waals surface area contributed by atoms with Gasteiger partial charge in [0.05, 0.1) is 16.6 Å². The molecule has 0 aliphatic rings. The Bertz CT molecular complexity index is 554. The Morgan fingerprint density at radius 3 is 2.11 bits per heavy atom. The first-order valence-corrected chi connectivity index (χ1v) is 12.2. The third-order valence-corrected chi connectivity index (χ3v) is 7.56. The lowest BCUT2D eigenvalue weighted by Gasteiger charge is -2.28. The van der Waals surface area contributed by atoms with E-state index in [0.717, 1.165) is 31.7 Å². The molecule has 0 N–H and O–H groups in total. The maximum atomic E-state index is 11.1. The lowest BCUT2D eigenvalue weighted by molar-refractivity contribution is -0.386. The second kappa shape index (κ2) is 13.8. The molecule has 1 atom stereocenters. The average Bonchev–Trinajstić information content (AvgIpc) is 2.67.